The molecule has 0 heterocycles. The second-order valence-electron chi connectivity index (χ2n) is 3.43. The van der Waals surface area contributed by atoms with Crippen LogP contribution in [0.1, 0.15) is 36.0 Å². The molecular formula is C13H16. The van der Waals surface area contributed by atoms with Gasteiger partial charge in [-0.05, 0) is 37.0 Å². The van der Waals surface area contributed by atoms with E-state index in [1.807, 2.05) is 0 Å². The van der Waals surface area contributed by atoms with E-state index in [-0.39, 0.29) is 5.92 Å². The highest BCUT2D eigenvalue weighted by atomic mass is 14.1. The van der Waals surface area contributed by atoms with Gasteiger partial charge in [0.2, 0.25) is 0 Å². The van der Waals surface area contributed by atoms with Crippen LogP contribution in [0.3, 0.4) is 0 Å². The quantitative estimate of drug-likeness (QED) is 0.599. The van der Waals surface area contributed by atoms with Gasteiger partial charge in [0.05, 0.1) is 0 Å². The van der Waals surface area contributed by atoms with Crippen molar-refractivity contribution in [3.8, 4) is 12.3 Å². The minimum absolute atomic E-state index is 0.279. The summed E-state index contributed by atoms with van der Waals surface area (Å²) in [5, 5.41) is 0. The Morgan fingerprint density at radius 1 is 1.31 bits per heavy atom. The third-order valence-electron chi connectivity index (χ3n) is 2.50. The van der Waals surface area contributed by atoms with E-state index in [1.165, 1.54) is 16.7 Å². The fourth-order valence-electron chi connectivity index (χ4n) is 1.78. The molecule has 1 unspecified atom stereocenters. The van der Waals surface area contributed by atoms with Crippen LogP contribution in [-0.2, 0) is 0 Å². The Hall–Kier alpha value is -1.22. The Morgan fingerprint density at radius 2 is 1.85 bits per heavy atom. The second kappa shape index (κ2) is 4.14. The van der Waals surface area contributed by atoms with Crippen molar-refractivity contribution in [2.24, 2.45) is 0 Å². The molecule has 0 aromatic heterocycles. The zero-order chi connectivity index (χ0) is 9.84. The zero-order valence-electron chi connectivity index (χ0n) is 8.59. The van der Waals surface area contributed by atoms with Crippen LogP contribution in [0.4, 0.5) is 0 Å². The van der Waals surface area contributed by atoms with E-state index in [9.17, 15) is 0 Å². The van der Waals surface area contributed by atoms with Gasteiger partial charge in [0.15, 0.2) is 0 Å². The minimum atomic E-state index is 0.279. The first-order valence-corrected chi connectivity index (χ1v) is 4.73. The number of aryl methyl sites for hydroxylation is 2. The SMILES string of the molecule is C#CC(CC)c1c(C)cccc1C. The lowest BCUT2D eigenvalue weighted by Gasteiger charge is -2.14. The molecule has 0 radical (unpaired) electrons. The first-order chi connectivity index (χ1) is 6.20. The topological polar surface area (TPSA) is 0 Å². The van der Waals surface area contributed by atoms with Crippen molar-refractivity contribution in [1.82, 2.24) is 0 Å². The Labute approximate surface area is 81.0 Å². The molecule has 1 aromatic rings. The van der Waals surface area contributed by atoms with Crippen molar-refractivity contribution in [3.05, 3.63) is 34.9 Å². The molecule has 0 aliphatic carbocycles. The van der Waals surface area contributed by atoms with Crippen molar-refractivity contribution < 1.29 is 0 Å². The van der Waals surface area contributed by atoms with Gasteiger partial charge < -0.3 is 0 Å². The van der Waals surface area contributed by atoms with Gasteiger partial charge in [-0.2, -0.15) is 0 Å². The van der Waals surface area contributed by atoms with Crippen LogP contribution in [0.2, 0.25) is 0 Å². The van der Waals surface area contributed by atoms with Crippen LogP contribution < -0.4 is 0 Å². The molecule has 0 aliphatic heterocycles. The summed E-state index contributed by atoms with van der Waals surface area (Å²) >= 11 is 0. The lowest BCUT2D eigenvalue weighted by atomic mass is 9.90. The molecule has 0 amide bonds. The number of hydrogen-bond acceptors (Lipinski definition) is 0. The summed E-state index contributed by atoms with van der Waals surface area (Å²) in [6.45, 7) is 6.39. The average Bonchev–Trinajstić information content (AvgIpc) is 2.11. The van der Waals surface area contributed by atoms with Gasteiger partial charge in [-0.1, -0.05) is 31.0 Å². The molecule has 1 aromatic carbocycles. The highest BCUT2D eigenvalue weighted by Crippen LogP contribution is 2.25. The average molecular weight is 172 g/mol. The van der Waals surface area contributed by atoms with Crippen molar-refractivity contribution in [3.63, 3.8) is 0 Å². The maximum absolute atomic E-state index is 5.50. The standard InChI is InChI=1S/C13H16/c1-5-12(6-2)13-10(3)8-7-9-11(13)4/h1,7-9,12H,6H2,2-4H3. The van der Waals surface area contributed by atoms with Gasteiger partial charge in [0.1, 0.15) is 0 Å². The van der Waals surface area contributed by atoms with Gasteiger partial charge in [-0.15, -0.1) is 6.42 Å². The second-order valence-corrected chi connectivity index (χ2v) is 3.43. The van der Waals surface area contributed by atoms with Gasteiger partial charge in [-0.3, -0.25) is 0 Å². The molecule has 13 heavy (non-hydrogen) atoms. The minimum Gasteiger partial charge on any atom is -0.119 e. The van der Waals surface area contributed by atoms with Crippen LogP contribution in [0.5, 0.6) is 0 Å². The lowest BCUT2D eigenvalue weighted by molar-refractivity contribution is 0.816. The normalized spacial score (nSPS) is 12.2. The molecule has 0 N–H and O–H groups in total. The van der Waals surface area contributed by atoms with Gasteiger partial charge >= 0.3 is 0 Å². The fourth-order valence-corrected chi connectivity index (χ4v) is 1.78. The zero-order valence-corrected chi connectivity index (χ0v) is 8.59. The molecule has 0 aliphatic rings. The number of hydrogen-bond donors (Lipinski definition) is 0. The summed E-state index contributed by atoms with van der Waals surface area (Å²) in [7, 11) is 0. The number of benzene rings is 1. The lowest BCUT2D eigenvalue weighted by Crippen LogP contribution is -1.99. The van der Waals surface area contributed by atoms with E-state index >= 15 is 0 Å². The number of terminal acetylenes is 1. The Kier molecular flexibility index (Phi) is 3.14. The van der Waals surface area contributed by atoms with Crippen LogP contribution in [0, 0.1) is 26.2 Å². The van der Waals surface area contributed by atoms with Gasteiger partial charge in [0, 0.05) is 5.92 Å². The van der Waals surface area contributed by atoms with Gasteiger partial charge in [0.25, 0.3) is 0 Å². The van der Waals surface area contributed by atoms with Crippen LogP contribution in [-0.4, -0.2) is 0 Å². The van der Waals surface area contributed by atoms with E-state index in [1.54, 1.807) is 0 Å². The first kappa shape index (κ1) is 9.86. The predicted octanol–water partition coefficient (Wildman–Crippen LogP) is 3.43. The molecule has 0 fully saturated rings. The van der Waals surface area contributed by atoms with E-state index in [0.717, 1.165) is 6.42 Å². The largest absolute Gasteiger partial charge is 0.119 e. The van der Waals surface area contributed by atoms with Gasteiger partial charge in [-0.25, -0.2) is 0 Å². The molecule has 1 rings (SSSR count). The summed E-state index contributed by atoms with van der Waals surface area (Å²) in [5.41, 5.74) is 3.96. The Bertz CT molecular complexity index is 308. The monoisotopic (exact) mass is 172 g/mol. The third kappa shape index (κ3) is 1.92. The van der Waals surface area contributed by atoms with E-state index in [0.29, 0.717) is 0 Å². The van der Waals surface area contributed by atoms with E-state index in [4.69, 9.17) is 6.42 Å². The summed E-state index contributed by atoms with van der Waals surface area (Å²) in [4.78, 5) is 0. The molecule has 0 bridgehead atoms. The smallest absolute Gasteiger partial charge is 0.0452 e. The molecule has 1 atom stereocenters. The van der Waals surface area contributed by atoms with Crippen molar-refractivity contribution in [2.75, 3.05) is 0 Å². The summed E-state index contributed by atoms with van der Waals surface area (Å²) in [6, 6.07) is 6.34. The van der Waals surface area contributed by atoms with Crippen molar-refractivity contribution >= 4 is 0 Å². The molecule has 0 spiro atoms. The molecule has 68 valence electrons. The Morgan fingerprint density at radius 3 is 2.23 bits per heavy atom. The van der Waals surface area contributed by atoms with Crippen LogP contribution >= 0.6 is 0 Å². The summed E-state index contributed by atoms with van der Waals surface area (Å²) in [5.74, 6) is 3.13. The highest BCUT2D eigenvalue weighted by Gasteiger charge is 2.10. The maximum atomic E-state index is 5.50. The fraction of sp³-hybridized carbons (Fsp3) is 0.385. The molecule has 0 heteroatoms. The molecule has 0 saturated heterocycles. The first-order valence-electron chi connectivity index (χ1n) is 4.73. The Balaban J connectivity index is 3.20. The molecule has 0 nitrogen and oxygen atoms in total. The van der Waals surface area contributed by atoms with Crippen LogP contribution in [0.15, 0.2) is 18.2 Å². The van der Waals surface area contributed by atoms with Crippen molar-refractivity contribution in [1.29, 1.82) is 0 Å². The maximum Gasteiger partial charge on any atom is 0.0452 e. The van der Waals surface area contributed by atoms with E-state index < -0.39 is 0 Å². The number of rotatable bonds is 2. The summed E-state index contributed by atoms with van der Waals surface area (Å²) < 4.78 is 0. The third-order valence-corrected chi connectivity index (χ3v) is 2.50. The molecular weight excluding hydrogens is 156 g/mol. The van der Waals surface area contributed by atoms with E-state index in [2.05, 4.69) is 44.9 Å². The highest BCUT2D eigenvalue weighted by molar-refractivity contribution is 5.39. The summed E-state index contributed by atoms with van der Waals surface area (Å²) in [6.07, 6.45) is 6.52. The predicted molar refractivity (Wildman–Crippen MR) is 57.8 cm³/mol. The molecule has 0 saturated carbocycles. The van der Waals surface area contributed by atoms with Crippen LogP contribution in [0.25, 0.3) is 0 Å². The van der Waals surface area contributed by atoms with Crippen molar-refractivity contribution in [2.45, 2.75) is 33.1 Å².